The minimum Gasteiger partial charge on any atom is -0.450 e. The van der Waals surface area contributed by atoms with Crippen LogP contribution in [0, 0.1) is 0 Å². The van der Waals surface area contributed by atoms with Gasteiger partial charge in [0.2, 0.25) is 0 Å². The lowest BCUT2D eigenvalue weighted by Crippen LogP contribution is -2.62. The van der Waals surface area contributed by atoms with Crippen molar-refractivity contribution >= 4 is 35.4 Å². The van der Waals surface area contributed by atoms with E-state index in [0.29, 0.717) is 0 Å². The Morgan fingerprint density at radius 2 is 1.47 bits per heavy atom. The van der Waals surface area contributed by atoms with Crippen LogP contribution < -0.4 is 10.6 Å². The number of hydrogen-bond donors (Lipinski definition) is 2. The van der Waals surface area contributed by atoms with Gasteiger partial charge >= 0.3 is 12.2 Å². The van der Waals surface area contributed by atoms with Gasteiger partial charge in [-0.05, 0) is 20.8 Å². The van der Waals surface area contributed by atoms with E-state index in [1.165, 1.54) is 6.92 Å². The van der Waals surface area contributed by atoms with E-state index in [1.54, 1.807) is 13.8 Å². The van der Waals surface area contributed by atoms with Crippen LogP contribution in [-0.2, 0) is 9.47 Å². The Morgan fingerprint density at radius 3 is 1.71 bits per heavy atom. The average molecular weight is 287 g/mol. The quantitative estimate of drug-likeness (QED) is 0.599. The molecule has 0 aromatic heterocycles. The normalized spacial score (nSPS) is 10.9. The summed E-state index contributed by atoms with van der Waals surface area (Å²) in [6.45, 7) is 5.11. The molecular formula is C9H16Cl2N2O4. The van der Waals surface area contributed by atoms with Gasteiger partial charge in [-0.1, -0.05) is 0 Å². The van der Waals surface area contributed by atoms with E-state index >= 15 is 0 Å². The highest BCUT2D eigenvalue weighted by Gasteiger charge is 2.36. The Labute approximate surface area is 110 Å². The second kappa shape index (κ2) is 7.45. The number of halogens is 2. The second-order valence-corrected chi connectivity index (χ2v) is 4.29. The van der Waals surface area contributed by atoms with E-state index in [2.05, 4.69) is 20.1 Å². The molecule has 0 aliphatic carbocycles. The molecule has 0 aliphatic heterocycles. The summed E-state index contributed by atoms with van der Waals surface area (Å²) in [7, 11) is 0. The number of alkyl carbamates (subject to hydrolysis) is 2. The zero-order valence-corrected chi connectivity index (χ0v) is 11.4. The van der Waals surface area contributed by atoms with Crippen LogP contribution in [0.5, 0.6) is 0 Å². The van der Waals surface area contributed by atoms with Gasteiger partial charge in [0.05, 0.1) is 13.2 Å². The van der Waals surface area contributed by atoms with Gasteiger partial charge in [0.25, 0.3) is 0 Å². The molecule has 0 aromatic carbocycles. The third-order valence-corrected chi connectivity index (χ3v) is 2.58. The molecule has 6 nitrogen and oxygen atoms in total. The van der Waals surface area contributed by atoms with Crippen molar-refractivity contribution in [3.8, 4) is 0 Å². The van der Waals surface area contributed by atoms with Gasteiger partial charge in [-0.2, -0.15) is 0 Å². The molecule has 0 heterocycles. The number of carbonyl (C=O) groups excluding carboxylic acids is 2. The lowest BCUT2D eigenvalue weighted by atomic mass is 10.2. The molecule has 0 atom stereocenters. The van der Waals surface area contributed by atoms with Gasteiger partial charge in [-0.15, -0.1) is 23.2 Å². The Balaban J connectivity index is 4.56. The van der Waals surface area contributed by atoms with Crippen LogP contribution in [0.2, 0.25) is 0 Å². The van der Waals surface area contributed by atoms with Crippen molar-refractivity contribution in [2.75, 3.05) is 13.2 Å². The molecule has 8 heteroatoms. The van der Waals surface area contributed by atoms with Crippen LogP contribution in [0.4, 0.5) is 9.59 Å². The first kappa shape index (κ1) is 16.1. The zero-order valence-electron chi connectivity index (χ0n) is 9.88. The van der Waals surface area contributed by atoms with Gasteiger partial charge in [-0.25, -0.2) is 9.59 Å². The average Bonchev–Trinajstić information content (AvgIpc) is 2.17. The maximum atomic E-state index is 11.3. The Kier molecular flexibility index (Phi) is 7.06. The number of carbonyl (C=O) groups is 2. The fourth-order valence-corrected chi connectivity index (χ4v) is 1.12. The highest BCUT2D eigenvalue weighted by Crippen LogP contribution is 2.17. The molecule has 0 saturated carbocycles. The van der Waals surface area contributed by atoms with Gasteiger partial charge in [0.15, 0.2) is 0 Å². The van der Waals surface area contributed by atoms with Crippen LogP contribution in [0.3, 0.4) is 0 Å². The molecule has 17 heavy (non-hydrogen) atoms. The first-order chi connectivity index (χ1) is 7.85. The van der Waals surface area contributed by atoms with Crippen LogP contribution in [0.25, 0.3) is 0 Å². The molecule has 0 spiro atoms. The predicted molar refractivity (Wildman–Crippen MR) is 64.2 cm³/mol. The fourth-order valence-electron chi connectivity index (χ4n) is 0.899. The summed E-state index contributed by atoms with van der Waals surface area (Å²) in [5.74, 6) is 0. The molecule has 0 aliphatic rings. The van der Waals surface area contributed by atoms with Crippen molar-refractivity contribution in [2.24, 2.45) is 0 Å². The summed E-state index contributed by atoms with van der Waals surface area (Å²) in [4.78, 5) is 21.4. The lowest BCUT2D eigenvalue weighted by Gasteiger charge is -2.31. The molecule has 0 aromatic rings. The van der Waals surface area contributed by atoms with Crippen molar-refractivity contribution in [2.45, 2.75) is 31.3 Å². The molecule has 100 valence electrons. The molecule has 2 amide bonds. The molecule has 0 fully saturated rings. The summed E-state index contributed by atoms with van der Waals surface area (Å²) < 4.78 is 9.34. The summed E-state index contributed by atoms with van der Waals surface area (Å²) >= 11 is 11.4. The first-order valence-corrected chi connectivity index (χ1v) is 5.91. The molecular weight excluding hydrogens is 271 g/mol. The molecule has 0 rings (SSSR count). The number of amides is 2. The third-order valence-electron chi connectivity index (χ3n) is 1.71. The van der Waals surface area contributed by atoms with E-state index < -0.39 is 22.7 Å². The predicted octanol–water partition coefficient (Wildman–Crippen LogP) is 2.00. The Bertz CT molecular complexity index is 254. The number of ether oxygens (including phenoxy) is 2. The van der Waals surface area contributed by atoms with Gasteiger partial charge < -0.3 is 9.47 Å². The van der Waals surface area contributed by atoms with Gasteiger partial charge in [-0.3, -0.25) is 10.6 Å². The van der Waals surface area contributed by atoms with Crippen LogP contribution >= 0.6 is 23.2 Å². The van der Waals surface area contributed by atoms with Crippen molar-refractivity contribution in [3.05, 3.63) is 0 Å². The van der Waals surface area contributed by atoms with E-state index in [9.17, 15) is 9.59 Å². The highest BCUT2D eigenvalue weighted by molar-refractivity contribution is 6.45. The standard InChI is InChI=1S/C9H16Cl2N2O4/c1-4-16-7(14)12-9(3,6(10)11)13-8(15)17-5-2/h6H,4-5H2,1-3H3,(H,12,14)(H,13,15). The van der Waals surface area contributed by atoms with Gasteiger partial charge in [0, 0.05) is 0 Å². The summed E-state index contributed by atoms with van der Waals surface area (Å²) in [6.07, 6.45) is -1.48. The van der Waals surface area contributed by atoms with Crippen molar-refractivity contribution in [1.29, 1.82) is 0 Å². The highest BCUT2D eigenvalue weighted by atomic mass is 35.5. The smallest absolute Gasteiger partial charge is 0.409 e. The Hall–Kier alpha value is -0.880. The van der Waals surface area contributed by atoms with E-state index in [4.69, 9.17) is 23.2 Å². The molecule has 0 unspecified atom stereocenters. The number of alkyl halides is 2. The summed E-state index contributed by atoms with van der Waals surface area (Å²) in [5.41, 5.74) is -1.37. The molecule has 2 N–H and O–H groups in total. The van der Waals surface area contributed by atoms with Crippen LogP contribution in [0.1, 0.15) is 20.8 Å². The Morgan fingerprint density at radius 1 is 1.12 bits per heavy atom. The lowest BCUT2D eigenvalue weighted by molar-refractivity contribution is 0.121. The maximum absolute atomic E-state index is 11.3. The SMILES string of the molecule is CCOC(=O)NC(C)(NC(=O)OCC)C(Cl)Cl. The van der Waals surface area contributed by atoms with Crippen molar-refractivity contribution < 1.29 is 19.1 Å². The minimum atomic E-state index is -1.37. The first-order valence-electron chi connectivity index (χ1n) is 5.03. The van der Waals surface area contributed by atoms with Crippen molar-refractivity contribution in [3.63, 3.8) is 0 Å². The molecule has 0 bridgehead atoms. The van der Waals surface area contributed by atoms with Crippen LogP contribution in [-0.4, -0.2) is 35.9 Å². The zero-order chi connectivity index (χ0) is 13.5. The summed E-state index contributed by atoms with van der Waals surface area (Å²) in [6, 6.07) is 0. The largest absolute Gasteiger partial charge is 0.450 e. The minimum absolute atomic E-state index is 0.191. The number of nitrogens with one attached hydrogen (secondary N) is 2. The van der Waals surface area contributed by atoms with Crippen molar-refractivity contribution in [1.82, 2.24) is 10.6 Å². The monoisotopic (exact) mass is 286 g/mol. The van der Waals surface area contributed by atoms with Crippen LogP contribution in [0.15, 0.2) is 0 Å². The third kappa shape index (κ3) is 5.83. The van der Waals surface area contributed by atoms with E-state index in [0.717, 1.165) is 0 Å². The molecule has 0 radical (unpaired) electrons. The van der Waals surface area contributed by atoms with E-state index in [-0.39, 0.29) is 13.2 Å². The second-order valence-electron chi connectivity index (χ2n) is 3.19. The number of rotatable bonds is 5. The maximum Gasteiger partial charge on any atom is 0.409 e. The summed E-state index contributed by atoms with van der Waals surface area (Å²) in [5, 5.41) is 4.69. The van der Waals surface area contributed by atoms with Gasteiger partial charge in [0.1, 0.15) is 10.5 Å². The topological polar surface area (TPSA) is 76.7 Å². The fraction of sp³-hybridized carbons (Fsp3) is 0.778. The molecule has 0 saturated heterocycles. The number of hydrogen-bond acceptors (Lipinski definition) is 4. The van der Waals surface area contributed by atoms with E-state index in [1.807, 2.05) is 0 Å².